The molecule has 1 aliphatic rings. The van der Waals surface area contributed by atoms with Crippen molar-refractivity contribution in [3.63, 3.8) is 0 Å². The second-order valence-corrected chi connectivity index (χ2v) is 4.54. The van der Waals surface area contributed by atoms with Gasteiger partial charge in [0.05, 0.1) is 0 Å². The topological polar surface area (TPSA) is 44.9 Å². The van der Waals surface area contributed by atoms with Crippen molar-refractivity contribution in [1.29, 1.82) is 0 Å². The van der Waals surface area contributed by atoms with Crippen molar-refractivity contribution in [3.8, 4) is 0 Å². The molecule has 1 aromatic rings. The van der Waals surface area contributed by atoms with Crippen LogP contribution in [0.3, 0.4) is 0 Å². The van der Waals surface area contributed by atoms with E-state index in [2.05, 4.69) is 17.2 Å². The van der Waals surface area contributed by atoms with E-state index in [1.165, 1.54) is 12.8 Å². The molecule has 3 heteroatoms. The van der Waals surface area contributed by atoms with Gasteiger partial charge in [0.15, 0.2) is 0 Å². The summed E-state index contributed by atoms with van der Waals surface area (Å²) in [6.07, 6.45) is 2.55. The van der Waals surface area contributed by atoms with E-state index in [1.807, 2.05) is 19.1 Å². The summed E-state index contributed by atoms with van der Waals surface area (Å²) in [6.45, 7) is 4.83. The fourth-order valence-corrected chi connectivity index (χ4v) is 1.95. The molecule has 0 saturated heterocycles. The zero-order valence-corrected chi connectivity index (χ0v) is 9.34. The smallest absolute Gasteiger partial charge is 0.252 e. The molecule has 0 radical (unpaired) electrons. The third-order valence-corrected chi connectivity index (χ3v) is 3.31. The van der Waals surface area contributed by atoms with Crippen molar-refractivity contribution in [2.45, 2.75) is 39.3 Å². The van der Waals surface area contributed by atoms with Crippen LogP contribution in [0.25, 0.3) is 0 Å². The first kappa shape index (κ1) is 10.4. The van der Waals surface area contributed by atoms with Gasteiger partial charge in [-0.2, -0.15) is 0 Å². The maximum absolute atomic E-state index is 11.5. The molecule has 3 nitrogen and oxygen atoms in total. The van der Waals surface area contributed by atoms with Gasteiger partial charge in [0.2, 0.25) is 0 Å². The highest BCUT2D eigenvalue weighted by molar-refractivity contribution is 5.13. The van der Waals surface area contributed by atoms with Gasteiger partial charge in [-0.05, 0) is 31.7 Å². The lowest BCUT2D eigenvalue weighted by Gasteiger charge is -2.34. The van der Waals surface area contributed by atoms with Crippen molar-refractivity contribution in [2.75, 3.05) is 0 Å². The summed E-state index contributed by atoms with van der Waals surface area (Å²) in [5.74, 6) is 0.759. The van der Waals surface area contributed by atoms with E-state index in [-0.39, 0.29) is 5.56 Å². The molecule has 1 aromatic heterocycles. The van der Waals surface area contributed by atoms with E-state index >= 15 is 0 Å². The average molecular weight is 206 g/mol. The van der Waals surface area contributed by atoms with E-state index in [0.29, 0.717) is 12.6 Å². The van der Waals surface area contributed by atoms with Crippen LogP contribution >= 0.6 is 0 Å². The fourth-order valence-electron chi connectivity index (χ4n) is 1.95. The SMILES string of the molecule is Cc1ccc(CNC2CCC2C)c(=O)[nH]1. The summed E-state index contributed by atoms with van der Waals surface area (Å²) in [6, 6.07) is 4.46. The van der Waals surface area contributed by atoms with Crippen LogP contribution < -0.4 is 10.9 Å². The first-order chi connectivity index (χ1) is 7.16. The summed E-state index contributed by atoms with van der Waals surface area (Å²) in [7, 11) is 0. The van der Waals surface area contributed by atoms with E-state index < -0.39 is 0 Å². The molecule has 1 aliphatic carbocycles. The molecule has 0 bridgehead atoms. The van der Waals surface area contributed by atoms with Crippen LogP contribution in [0.15, 0.2) is 16.9 Å². The highest BCUT2D eigenvalue weighted by Crippen LogP contribution is 2.26. The number of aryl methyl sites for hydroxylation is 1. The summed E-state index contributed by atoms with van der Waals surface area (Å²) in [4.78, 5) is 14.4. The van der Waals surface area contributed by atoms with Gasteiger partial charge >= 0.3 is 0 Å². The predicted octanol–water partition coefficient (Wildman–Crippen LogP) is 1.57. The standard InChI is InChI=1S/C12H18N2O/c1-8-3-6-11(8)13-7-10-5-4-9(2)14-12(10)15/h4-5,8,11,13H,3,6-7H2,1-2H3,(H,14,15). The van der Waals surface area contributed by atoms with Gasteiger partial charge in [0.25, 0.3) is 5.56 Å². The lowest BCUT2D eigenvalue weighted by Crippen LogP contribution is -2.42. The summed E-state index contributed by atoms with van der Waals surface area (Å²) in [5.41, 5.74) is 1.79. The van der Waals surface area contributed by atoms with Gasteiger partial charge in [0, 0.05) is 23.8 Å². The Kier molecular flexibility index (Phi) is 2.91. The second kappa shape index (κ2) is 4.19. The molecule has 2 atom stereocenters. The van der Waals surface area contributed by atoms with Crippen molar-refractivity contribution >= 4 is 0 Å². The molecule has 0 spiro atoms. The van der Waals surface area contributed by atoms with Gasteiger partial charge in [0.1, 0.15) is 0 Å². The highest BCUT2D eigenvalue weighted by atomic mass is 16.1. The third kappa shape index (κ3) is 2.29. The number of H-pyrrole nitrogens is 1. The lowest BCUT2D eigenvalue weighted by atomic mass is 9.81. The van der Waals surface area contributed by atoms with Crippen molar-refractivity contribution in [2.24, 2.45) is 5.92 Å². The molecule has 0 aliphatic heterocycles. The van der Waals surface area contributed by atoms with Crippen molar-refractivity contribution in [3.05, 3.63) is 33.7 Å². The molecule has 1 fully saturated rings. The largest absolute Gasteiger partial charge is 0.326 e. The normalized spacial score (nSPS) is 24.9. The Morgan fingerprint density at radius 3 is 2.80 bits per heavy atom. The van der Waals surface area contributed by atoms with Gasteiger partial charge in [-0.1, -0.05) is 13.0 Å². The second-order valence-electron chi connectivity index (χ2n) is 4.54. The Bertz CT molecular complexity index is 397. The van der Waals surface area contributed by atoms with E-state index in [0.717, 1.165) is 17.2 Å². The van der Waals surface area contributed by atoms with Crippen molar-refractivity contribution in [1.82, 2.24) is 10.3 Å². The van der Waals surface area contributed by atoms with Crippen LogP contribution in [-0.4, -0.2) is 11.0 Å². The van der Waals surface area contributed by atoms with Crippen LogP contribution in [0.4, 0.5) is 0 Å². The average Bonchev–Trinajstić information content (AvgIpc) is 2.19. The number of hydrogen-bond donors (Lipinski definition) is 2. The summed E-state index contributed by atoms with van der Waals surface area (Å²) in [5, 5.41) is 3.43. The fraction of sp³-hybridized carbons (Fsp3) is 0.583. The minimum absolute atomic E-state index is 0.0366. The molecule has 82 valence electrons. The van der Waals surface area contributed by atoms with Crippen LogP contribution in [0.1, 0.15) is 31.0 Å². The van der Waals surface area contributed by atoms with E-state index in [1.54, 1.807) is 0 Å². The highest BCUT2D eigenvalue weighted by Gasteiger charge is 2.25. The van der Waals surface area contributed by atoms with Crippen LogP contribution in [0.5, 0.6) is 0 Å². The molecule has 2 N–H and O–H groups in total. The number of pyridine rings is 1. The maximum Gasteiger partial charge on any atom is 0.252 e. The molecule has 0 amide bonds. The van der Waals surface area contributed by atoms with Gasteiger partial charge < -0.3 is 10.3 Å². The van der Waals surface area contributed by atoms with E-state index in [9.17, 15) is 4.79 Å². The summed E-state index contributed by atoms with van der Waals surface area (Å²) >= 11 is 0. The maximum atomic E-state index is 11.5. The first-order valence-electron chi connectivity index (χ1n) is 5.59. The zero-order valence-electron chi connectivity index (χ0n) is 9.34. The van der Waals surface area contributed by atoms with Crippen molar-refractivity contribution < 1.29 is 0 Å². The Labute approximate surface area is 89.9 Å². The lowest BCUT2D eigenvalue weighted by molar-refractivity contribution is 0.228. The quantitative estimate of drug-likeness (QED) is 0.788. The zero-order chi connectivity index (χ0) is 10.8. The Balaban J connectivity index is 1.96. The van der Waals surface area contributed by atoms with Gasteiger partial charge in [-0.25, -0.2) is 0 Å². The van der Waals surface area contributed by atoms with Gasteiger partial charge in [-0.3, -0.25) is 4.79 Å². The third-order valence-electron chi connectivity index (χ3n) is 3.31. The van der Waals surface area contributed by atoms with Crippen LogP contribution in [-0.2, 0) is 6.54 Å². The monoisotopic (exact) mass is 206 g/mol. The molecule has 0 aromatic carbocycles. The Hall–Kier alpha value is -1.09. The molecular formula is C12H18N2O. The Morgan fingerprint density at radius 2 is 2.27 bits per heavy atom. The minimum Gasteiger partial charge on any atom is -0.326 e. The number of aromatic nitrogens is 1. The predicted molar refractivity (Wildman–Crippen MR) is 60.8 cm³/mol. The van der Waals surface area contributed by atoms with Crippen LogP contribution in [0.2, 0.25) is 0 Å². The number of hydrogen-bond acceptors (Lipinski definition) is 2. The number of aromatic amines is 1. The first-order valence-corrected chi connectivity index (χ1v) is 5.59. The molecular weight excluding hydrogens is 188 g/mol. The van der Waals surface area contributed by atoms with Crippen LogP contribution in [0, 0.1) is 12.8 Å². The minimum atomic E-state index is 0.0366. The molecule has 2 rings (SSSR count). The number of rotatable bonds is 3. The molecule has 2 unspecified atom stereocenters. The molecule has 15 heavy (non-hydrogen) atoms. The molecule has 1 saturated carbocycles. The van der Waals surface area contributed by atoms with Gasteiger partial charge in [-0.15, -0.1) is 0 Å². The molecule has 1 heterocycles. The summed E-state index contributed by atoms with van der Waals surface area (Å²) < 4.78 is 0. The Morgan fingerprint density at radius 1 is 1.47 bits per heavy atom. The number of nitrogens with one attached hydrogen (secondary N) is 2. The van der Waals surface area contributed by atoms with E-state index in [4.69, 9.17) is 0 Å².